The number of anilines is 2. The normalized spacial score (nSPS) is 14.4. The Bertz CT molecular complexity index is 370. The molecule has 0 spiro atoms. The zero-order valence-corrected chi connectivity index (χ0v) is 11.3. The number of nitrogens with two attached hydrogens (primary N) is 1. The highest BCUT2D eigenvalue weighted by Gasteiger charge is 2.20. The highest BCUT2D eigenvalue weighted by molar-refractivity contribution is 7.98. The van der Waals surface area contributed by atoms with Crippen LogP contribution in [0.15, 0.2) is 6.33 Å². The van der Waals surface area contributed by atoms with Gasteiger partial charge in [-0.1, -0.05) is 6.92 Å². The zero-order valence-electron chi connectivity index (χ0n) is 10.5. The second kappa shape index (κ2) is 6.07. The summed E-state index contributed by atoms with van der Waals surface area (Å²) in [5.41, 5.74) is 5.91. The van der Waals surface area contributed by atoms with Gasteiger partial charge in [0.25, 0.3) is 0 Å². The minimum atomic E-state index is -0.760. The second-order valence-electron chi connectivity index (χ2n) is 4.22. The van der Waals surface area contributed by atoms with Crippen LogP contribution in [0.1, 0.15) is 19.4 Å². The van der Waals surface area contributed by atoms with Crippen LogP contribution in [0.2, 0.25) is 0 Å². The van der Waals surface area contributed by atoms with Crippen molar-refractivity contribution in [2.45, 2.75) is 25.9 Å². The third-order valence-electron chi connectivity index (χ3n) is 2.42. The predicted molar refractivity (Wildman–Crippen MR) is 73.3 cm³/mol. The van der Waals surface area contributed by atoms with Gasteiger partial charge in [-0.05, 0) is 19.6 Å². The molecule has 4 N–H and O–H groups in total. The fourth-order valence-electron chi connectivity index (χ4n) is 1.56. The van der Waals surface area contributed by atoms with E-state index in [9.17, 15) is 5.11 Å². The van der Waals surface area contributed by atoms with Crippen molar-refractivity contribution in [3.63, 3.8) is 0 Å². The Morgan fingerprint density at radius 1 is 1.53 bits per heavy atom. The molecule has 1 heterocycles. The quantitative estimate of drug-likeness (QED) is 0.708. The fraction of sp³-hybridized carbons (Fsp3) is 0.636. The molecule has 17 heavy (non-hydrogen) atoms. The Morgan fingerprint density at radius 2 is 2.24 bits per heavy atom. The molecule has 0 saturated carbocycles. The lowest BCUT2D eigenvalue weighted by molar-refractivity contribution is 0.0996. The van der Waals surface area contributed by atoms with Gasteiger partial charge >= 0.3 is 0 Å². The van der Waals surface area contributed by atoms with Crippen LogP contribution < -0.4 is 11.1 Å². The van der Waals surface area contributed by atoms with Crippen LogP contribution in [0.25, 0.3) is 0 Å². The first-order chi connectivity index (χ1) is 8.00. The second-order valence-corrected chi connectivity index (χ2v) is 5.09. The summed E-state index contributed by atoms with van der Waals surface area (Å²) in [4.78, 5) is 8.10. The van der Waals surface area contributed by atoms with Gasteiger partial charge in [-0.25, -0.2) is 9.97 Å². The van der Waals surface area contributed by atoms with Crippen LogP contribution in [0.3, 0.4) is 0 Å². The maximum Gasteiger partial charge on any atom is 0.134 e. The highest BCUT2D eigenvalue weighted by atomic mass is 32.2. The molecule has 0 aliphatic carbocycles. The lowest BCUT2D eigenvalue weighted by atomic mass is 10.1. The largest absolute Gasteiger partial charge is 0.387 e. The summed E-state index contributed by atoms with van der Waals surface area (Å²) in [6, 6.07) is 0. The molecule has 0 aliphatic heterocycles. The van der Waals surface area contributed by atoms with Crippen molar-refractivity contribution < 1.29 is 5.11 Å². The van der Waals surface area contributed by atoms with Gasteiger partial charge in [-0.2, -0.15) is 11.8 Å². The van der Waals surface area contributed by atoms with Gasteiger partial charge in [-0.15, -0.1) is 0 Å². The van der Waals surface area contributed by atoms with E-state index in [-0.39, 0.29) is 0 Å². The molecule has 0 amide bonds. The van der Waals surface area contributed by atoms with Crippen LogP contribution in [0.5, 0.6) is 0 Å². The Hall–Kier alpha value is -1.01. The third-order valence-corrected chi connectivity index (χ3v) is 3.33. The predicted octanol–water partition coefficient (Wildman–Crippen LogP) is 1.15. The number of aliphatic hydroxyl groups is 1. The average Bonchev–Trinajstić information content (AvgIpc) is 2.26. The van der Waals surface area contributed by atoms with E-state index in [0.29, 0.717) is 23.9 Å². The molecule has 1 rings (SSSR count). The molecule has 0 aliphatic rings. The fourth-order valence-corrected chi connectivity index (χ4v) is 2.29. The van der Waals surface area contributed by atoms with Crippen LogP contribution in [-0.4, -0.2) is 39.2 Å². The molecular formula is C11H20N4OS. The molecule has 0 radical (unpaired) electrons. The van der Waals surface area contributed by atoms with Crippen LogP contribution in [0, 0.1) is 0 Å². The van der Waals surface area contributed by atoms with Gasteiger partial charge in [0.15, 0.2) is 0 Å². The van der Waals surface area contributed by atoms with Crippen molar-refractivity contribution >= 4 is 23.4 Å². The van der Waals surface area contributed by atoms with Crippen molar-refractivity contribution in [1.29, 1.82) is 0 Å². The molecule has 0 saturated heterocycles. The monoisotopic (exact) mass is 256 g/mol. The number of hydrogen-bond donors (Lipinski definition) is 3. The van der Waals surface area contributed by atoms with Crippen molar-refractivity contribution in [2.75, 3.05) is 29.6 Å². The first-order valence-corrected chi connectivity index (χ1v) is 6.94. The molecule has 1 atom stereocenters. The van der Waals surface area contributed by atoms with Gasteiger partial charge in [0.1, 0.15) is 18.0 Å². The van der Waals surface area contributed by atoms with E-state index in [2.05, 4.69) is 15.3 Å². The van der Waals surface area contributed by atoms with Crippen molar-refractivity contribution in [3.05, 3.63) is 11.9 Å². The Kier molecular flexibility index (Phi) is 5.02. The van der Waals surface area contributed by atoms with Crippen molar-refractivity contribution in [1.82, 2.24) is 9.97 Å². The van der Waals surface area contributed by atoms with Gasteiger partial charge in [0.2, 0.25) is 0 Å². The summed E-state index contributed by atoms with van der Waals surface area (Å²) in [6.45, 7) is 4.24. The Balaban J connectivity index is 2.72. The number of nitrogens with one attached hydrogen (secondary N) is 1. The molecule has 96 valence electrons. The van der Waals surface area contributed by atoms with Gasteiger partial charge in [-0.3, -0.25) is 0 Å². The minimum absolute atomic E-state index is 0.442. The van der Waals surface area contributed by atoms with E-state index in [1.54, 1.807) is 18.7 Å². The maximum atomic E-state index is 10.1. The van der Waals surface area contributed by atoms with Crippen LogP contribution in [0.4, 0.5) is 11.6 Å². The number of rotatable bonds is 6. The van der Waals surface area contributed by atoms with E-state index in [0.717, 1.165) is 12.0 Å². The number of thioether (sulfide) groups is 1. The Labute approximate surface area is 106 Å². The lowest BCUT2D eigenvalue weighted by Crippen LogP contribution is -2.36. The number of nitrogens with zero attached hydrogens (tertiary/aromatic N) is 2. The molecule has 1 aromatic heterocycles. The van der Waals surface area contributed by atoms with Gasteiger partial charge < -0.3 is 16.2 Å². The number of nitrogen functional groups attached to an aromatic ring is 1. The lowest BCUT2D eigenvalue weighted by Gasteiger charge is -2.23. The summed E-state index contributed by atoms with van der Waals surface area (Å²) in [5, 5.41) is 13.2. The smallest absolute Gasteiger partial charge is 0.134 e. The maximum absolute atomic E-state index is 10.1. The van der Waals surface area contributed by atoms with E-state index in [1.807, 2.05) is 13.2 Å². The first kappa shape index (κ1) is 14.1. The third kappa shape index (κ3) is 4.05. The summed E-state index contributed by atoms with van der Waals surface area (Å²) in [7, 11) is 0. The molecule has 6 heteroatoms. The van der Waals surface area contributed by atoms with Crippen LogP contribution >= 0.6 is 11.8 Å². The number of hydrogen-bond acceptors (Lipinski definition) is 6. The van der Waals surface area contributed by atoms with E-state index in [4.69, 9.17) is 5.73 Å². The van der Waals surface area contributed by atoms with Crippen molar-refractivity contribution in [2.24, 2.45) is 0 Å². The van der Waals surface area contributed by atoms with E-state index >= 15 is 0 Å². The topological polar surface area (TPSA) is 84.1 Å². The van der Waals surface area contributed by atoms with E-state index < -0.39 is 5.60 Å². The van der Waals surface area contributed by atoms with Gasteiger partial charge in [0.05, 0.1) is 5.60 Å². The number of aromatic nitrogens is 2. The van der Waals surface area contributed by atoms with Gasteiger partial charge in [0, 0.05) is 17.9 Å². The van der Waals surface area contributed by atoms with E-state index in [1.165, 1.54) is 6.33 Å². The summed E-state index contributed by atoms with van der Waals surface area (Å²) in [5.74, 6) is 1.87. The molecule has 0 fully saturated rings. The SMILES string of the molecule is CCc1c(N)ncnc1NCC(C)(O)CSC. The highest BCUT2D eigenvalue weighted by Crippen LogP contribution is 2.19. The standard InChI is InChI=1S/C11H20N4OS/c1-4-8-9(12)14-7-15-10(8)13-5-11(2,16)6-17-3/h7,16H,4-6H2,1-3H3,(H3,12,13,14,15). The summed E-state index contributed by atoms with van der Waals surface area (Å²) in [6.07, 6.45) is 4.16. The van der Waals surface area contributed by atoms with Crippen LogP contribution in [-0.2, 0) is 6.42 Å². The first-order valence-electron chi connectivity index (χ1n) is 5.54. The summed E-state index contributed by atoms with van der Waals surface area (Å²) < 4.78 is 0. The summed E-state index contributed by atoms with van der Waals surface area (Å²) >= 11 is 1.61. The molecule has 0 aromatic carbocycles. The molecule has 1 aromatic rings. The zero-order chi connectivity index (χ0) is 12.9. The molecule has 0 bridgehead atoms. The minimum Gasteiger partial charge on any atom is -0.387 e. The molecular weight excluding hydrogens is 236 g/mol. The average molecular weight is 256 g/mol. The van der Waals surface area contributed by atoms with Crippen molar-refractivity contribution in [3.8, 4) is 0 Å². The molecule has 5 nitrogen and oxygen atoms in total. The molecule has 1 unspecified atom stereocenters. The Morgan fingerprint density at radius 3 is 2.82 bits per heavy atom.